The number of ether oxygens (including phenoxy) is 3. The molecule has 0 aromatic rings. The van der Waals surface area contributed by atoms with E-state index in [1.807, 2.05) is 0 Å². The molecule has 6 nitrogen and oxygen atoms in total. The normalized spacial score (nSPS) is 12.5. The van der Waals surface area contributed by atoms with Crippen LogP contribution in [0.15, 0.2) is 60.8 Å². The summed E-state index contributed by atoms with van der Waals surface area (Å²) in [5.41, 5.74) is 0. The summed E-state index contributed by atoms with van der Waals surface area (Å²) in [6.07, 6.45) is 66.4. The molecule has 0 fully saturated rings. The molecule has 1 atom stereocenters. The molecule has 65 heavy (non-hydrogen) atoms. The number of esters is 3. The molecule has 6 heteroatoms. The molecule has 0 heterocycles. The average Bonchev–Trinajstić information content (AvgIpc) is 3.30. The zero-order valence-corrected chi connectivity index (χ0v) is 43.0. The zero-order chi connectivity index (χ0) is 47.2. The van der Waals surface area contributed by atoms with E-state index in [2.05, 4.69) is 81.5 Å². The molecular formula is C59H104O6. The Bertz CT molecular complexity index is 1180. The van der Waals surface area contributed by atoms with Crippen LogP contribution in [0.1, 0.15) is 278 Å². The van der Waals surface area contributed by atoms with Gasteiger partial charge in [-0.15, -0.1) is 0 Å². The van der Waals surface area contributed by atoms with Gasteiger partial charge in [-0.05, 0) is 83.5 Å². The lowest BCUT2D eigenvalue weighted by atomic mass is 10.0. The molecule has 0 bridgehead atoms. The number of rotatable bonds is 50. The number of carbonyl (C=O) groups excluding carboxylic acids is 3. The lowest BCUT2D eigenvalue weighted by molar-refractivity contribution is -0.167. The third kappa shape index (κ3) is 51.9. The predicted molar refractivity (Wildman–Crippen MR) is 279 cm³/mol. The molecule has 0 aliphatic heterocycles. The Morgan fingerprint density at radius 2 is 0.569 bits per heavy atom. The smallest absolute Gasteiger partial charge is 0.306 e. The molecule has 0 aliphatic rings. The first kappa shape index (κ1) is 62.1. The first-order chi connectivity index (χ1) is 32.0. The second kappa shape index (κ2) is 53.7. The summed E-state index contributed by atoms with van der Waals surface area (Å²) < 4.78 is 16.8. The van der Waals surface area contributed by atoms with Gasteiger partial charge in [0.1, 0.15) is 13.2 Å². The topological polar surface area (TPSA) is 78.9 Å². The minimum atomic E-state index is -0.797. The number of carbonyl (C=O) groups is 3. The quantitative estimate of drug-likeness (QED) is 0.0262. The van der Waals surface area contributed by atoms with Crippen molar-refractivity contribution >= 4 is 17.9 Å². The molecule has 376 valence electrons. The van der Waals surface area contributed by atoms with Gasteiger partial charge in [-0.2, -0.15) is 0 Å². The van der Waals surface area contributed by atoms with E-state index < -0.39 is 6.10 Å². The van der Waals surface area contributed by atoms with Gasteiger partial charge in [0, 0.05) is 19.3 Å². The molecular weight excluding hydrogens is 805 g/mol. The van der Waals surface area contributed by atoms with Crippen molar-refractivity contribution in [1.82, 2.24) is 0 Å². The maximum Gasteiger partial charge on any atom is 0.306 e. The van der Waals surface area contributed by atoms with E-state index in [-0.39, 0.29) is 37.5 Å². The Labute approximate surface area is 402 Å². The van der Waals surface area contributed by atoms with Gasteiger partial charge in [-0.25, -0.2) is 0 Å². The van der Waals surface area contributed by atoms with Crippen LogP contribution in [-0.4, -0.2) is 37.2 Å². The molecule has 0 N–H and O–H groups in total. The maximum atomic E-state index is 12.8. The van der Waals surface area contributed by atoms with E-state index in [4.69, 9.17) is 14.2 Å². The van der Waals surface area contributed by atoms with Gasteiger partial charge in [0.05, 0.1) is 0 Å². The highest BCUT2D eigenvalue weighted by Crippen LogP contribution is 2.15. The number of hydrogen-bond donors (Lipinski definition) is 0. The van der Waals surface area contributed by atoms with Crippen LogP contribution in [0.4, 0.5) is 0 Å². The van der Waals surface area contributed by atoms with E-state index in [9.17, 15) is 14.4 Å². The van der Waals surface area contributed by atoms with Crippen LogP contribution in [0.2, 0.25) is 0 Å². The van der Waals surface area contributed by atoms with Crippen LogP contribution in [0.5, 0.6) is 0 Å². The van der Waals surface area contributed by atoms with E-state index in [1.165, 1.54) is 161 Å². The highest BCUT2D eigenvalue weighted by Gasteiger charge is 2.19. The number of allylic oxidation sites excluding steroid dienone is 10. The lowest BCUT2D eigenvalue weighted by Crippen LogP contribution is -2.30. The molecule has 0 aliphatic carbocycles. The van der Waals surface area contributed by atoms with Crippen molar-refractivity contribution in [1.29, 1.82) is 0 Å². The van der Waals surface area contributed by atoms with E-state index in [0.717, 1.165) is 70.6 Å². The van der Waals surface area contributed by atoms with Crippen LogP contribution in [0, 0.1) is 0 Å². The largest absolute Gasteiger partial charge is 0.462 e. The molecule has 0 rings (SSSR count). The van der Waals surface area contributed by atoms with Crippen molar-refractivity contribution in [2.45, 2.75) is 284 Å². The highest BCUT2D eigenvalue weighted by atomic mass is 16.6. The Morgan fingerprint density at radius 1 is 0.308 bits per heavy atom. The van der Waals surface area contributed by atoms with Crippen molar-refractivity contribution in [2.75, 3.05) is 13.2 Å². The fourth-order valence-corrected chi connectivity index (χ4v) is 7.78. The average molecular weight is 909 g/mol. The summed E-state index contributed by atoms with van der Waals surface area (Å²) in [6.45, 7) is 6.57. The fraction of sp³-hybridized carbons (Fsp3) is 0.780. The van der Waals surface area contributed by atoms with Gasteiger partial charge < -0.3 is 14.2 Å². The molecule has 0 unspecified atom stereocenters. The van der Waals surface area contributed by atoms with Crippen LogP contribution in [0.3, 0.4) is 0 Å². The van der Waals surface area contributed by atoms with Gasteiger partial charge in [0.2, 0.25) is 0 Å². The maximum absolute atomic E-state index is 12.8. The fourth-order valence-electron chi connectivity index (χ4n) is 7.78. The Morgan fingerprint density at radius 3 is 0.969 bits per heavy atom. The van der Waals surface area contributed by atoms with Crippen molar-refractivity contribution in [3.8, 4) is 0 Å². The Balaban J connectivity index is 4.46. The van der Waals surface area contributed by atoms with E-state index in [0.29, 0.717) is 19.3 Å². The second-order valence-electron chi connectivity index (χ2n) is 18.5. The summed E-state index contributed by atoms with van der Waals surface area (Å²) in [4.78, 5) is 38.1. The highest BCUT2D eigenvalue weighted by molar-refractivity contribution is 5.71. The summed E-state index contributed by atoms with van der Waals surface area (Å²) in [5.74, 6) is -0.949. The minimum absolute atomic E-state index is 0.0932. The van der Waals surface area contributed by atoms with Crippen LogP contribution in [0.25, 0.3) is 0 Å². The molecule has 0 saturated carbocycles. The van der Waals surface area contributed by atoms with E-state index >= 15 is 0 Å². The standard InChI is InChI=1S/C59H104O6/c1-4-7-10-13-16-19-22-25-28-29-32-34-37-40-43-46-49-52-58(61)64-55-56(65-59(62)53-50-47-44-41-38-35-31-27-24-21-18-15-12-9-6-3)54-63-57(60)51-48-45-42-39-36-33-30-26-23-20-17-14-11-8-5-2/h16,19,25-26,28,30,32,34,40,43,56H,4-15,17-18,20-24,27,29,31,33,35-39,41-42,44-55H2,1-3H3/b19-16-,28-25-,30-26-,34-32-,43-40-/t56-/m0/s1. The van der Waals surface area contributed by atoms with Crippen molar-refractivity contribution in [2.24, 2.45) is 0 Å². The molecule has 0 aromatic carbocycles. The molecule has 0 saturated heterocycles. The first-order valence-corrected chi connectivity index (χ1v) is 27.8. The van der Waals surface area contributed by atoms with Crippen LogP contribution >= 0.6 is 0 Å². The Kier molecular flexibility index (Phi) is 51.3. The van der Waals surface area contributed by atoms with Crippen molar-refractivity contribution in [3.05, 3.63) is 60.8 Å². The van der Waals surface area contributed by atoms with E-state index in [1.54, 1.807) is 0 Å². The SMILES string of the molecule is CCCCC/C=C\C/C=C\C/C=C\C/C=C\CCCC(=O)OC[C@H](COC(=O)CCCCCCC/C=C\CCCCCCCC)OC(=O)CCCCCCCCCCCCCCCCC. The second-order valence-corrected chi connectivity index (χ2v) is 18.5. The zero-order valence-electron chi connectivity index (χ0n) is 43.0. The molecule has 0 aromatic heterocycles. The summed E-state index contributed by atoms with van der Waals surface area (Å²) in [5, 5.41) is 0. The van der Waals surface area contributed by atoms with Crippen molar-refractivity contribution in [3.63, 3.8) is 0 Å². The lowest BCUT2D eigenvalue weighted by Gasteiger charge is -2.18. The van der Waals surface area contributed by atoms with Crippen LogP contribution in [-0.2, 0) is 28.6 Å². The molecule has 0 spiro atoms. The van der Waals surface area contributed by atoms with Crippen molar-refractivity contribution < 1.29 is 28.6 Å². The number of unbranched alkanes of at least 4 members (excludes halogenated alkanes) is 29. The third-order valence-corrected chi connectivity index (χ3v) is 12.0. The van der Waals surface area contributed by atoms with Gasteiger partial charge in [0.15, 0.2) is 6.10 Å². The third-order valence-electron chi connectivity index (χ3n) is 12.0. The molecule has 0 radical (unpaired) electrons. The van der Waals surface area contributed by atoms with Gasteiger partial charge in [-0.3, -0.25) is 14.4 Å². The summed E-state index contributed by atoms with van der Waals surface area (Å²) >= 11 is 0. The van der Waals surface area contributed by atoms with Crippen LogP contribution < -0.4 is 0 Å². The predicted octanol–water partition coefficient (Wildman–Crippen LogP) is 18.4. The monoisotopic (exact) mass is 909 g/mol. The van der Waals surface area contributed by atoms with Gasteiger partial charge in [-0.1, -0.05) is 236 Å². The van der Waals surface area contributed by atoms with Gasteiger partial charge in [0.25, 0.3) is 0 Å². The Hall–Kier alpha value is -2.89. The number of hydrogen-bond acceptors (Lipinski definition) is 6. The minimum Gasteiger partial charge on any atom is -0.462 e. The summed E-state index contributed by atoms with van der Waals surface area (Å²) in [7, 11) is 0. The van der Waals surface area contributed by atoms with Gasteiger partial charge >= 0.3 is 17.9 Å². The summed E-state index contributed by atoms with van der Waals surface area (Å²) in [6, 6.07) is 0. The first-order valence-electron chi connectivity index (χ1n) is 27.8. The molecule has 0 amide bonds.